The molecule has 0 amide bonds. The maximum absolute atomic E-state index is 8.60. The van der Waals surface area contributed by atoms with E-state index in [1.807, 2.05) is 0 Å². The maximum atomic E-state index is 8.60. The van der Waals surface area contributed by atoms with E-state index in [0.29, 0.717) is 33.4 Å². The number of hydrogen-bond acceptors (Lipinski definition) is 0. The van der Waals surface area contributed by atoms with Crippen molar-refractivity contribution in [2.45, 2.75) is 12.8 Å². The summed E-state index contributed by atoms with van der Waals surface area (Å²) >= 11 is 0. The van der Waals surface area contributed by atoms with Gasteiger partial charge < -0.3 is 0 Å². The molecule has 0 bridgehead atoms. The third-order valence-corrected chi connectivity index (χ3v) is 4.02. The molecule has 2 aliphatic rings. The van der Waals surface area contributed by atoms with Gasteiger partial charge in [-0.3, -0.25) is 0 Å². The van der Waals surface area contributed by atoms with Crippen LogP contribution < -0.4 is 0 Å². The van der Waals surface area contributed by atoms with Gasteiger partial charge in [-0.2, -0.15) is 0 Å². The molecule has 20 heavy (non-hydrogen) atoms. The number of benzene rings is 3. The number of hydrogen-bond donors (Lipinski definition) is 0. The minimum atomic E-state index is -0.388. The molecular formula is C20H14. The lowest BCUT2D eigenvalue weighted by atomic mass is 9.96. The Morgan fingerprint density at radius 1 is 0.550 bits per heavy atom. The van der Waals surface area contributed by atoms with Crippen LogP contribution in [-0.4, -0.2) is 0 Å². The zero-order chi connectivity index (χ0) is 21.8. The fourth-order valence-electron chi connectivity index (χ4n) is 3.12. The van der Waals surface area contributed by atoms with Crippen LogP contribution in [0.3, 0.4) is 0 Å². The molecule has 5 rings (SSSR count). The molecule has 2 aliphatic carbocycles. The molecule has 0 fully saturated rings. The average Bonchev–Trinajstić information content (AvgIpc) is 3.31. The highest BCUT2D eigenvalue weighted by Crippen LogP contribution is 2.46. The van der Waals surface area contributed by atoms with E-state index < -0.39 is 0 Å². The summed E-state index contributed by atoms with van der Waals surface area (Å²) in [5.41, 5.74) is 3.09. The van der Waals surface area contributed by atoms with Crippen LogP contribution in [0.15, 0.2) is 60.4 Å². The Kier molecular flexibility index (Phi) is 0.882. The van der Waals surface area contributed by atoms with Gasteiger partial charge >= 0.3 is 0 Å². The van der Waals surface area contributed by atoms with E-state index in [1.54, 1.807) is 0 Å². The average molecular weight is 264 g/mol. The summed E-state index contributed by atoms with van der Waals surface area (Å²) in [5, 5.41) is 0. The third-order valence-electron chi connectivity index (χ3n) is 4.02. The van der Waals surface area contributed by atoms with E-state index >= 15 is 0 Å². The SMILES string of the molecule is [2H]c1c([2H])c([2H])c2c(c1[2H])Cc1c3c(c([2H])c([2H])c1-2)-c1c([2H])c([2H])c([2H])c([2H])c1C3. The Hall–Kier alpha value is -2.34. The molecule has 0 radical (unpaired) electrons. The monoisotopic (exact) mass is 264 g/mol. The van der Waals surface area contributed by atoms with Crippen LogP contribution in [0.2, 0.25) is 0 Å². The molecule has 0 spiro atoms. The fraction of sp³-hybridized carbons (Fsp3) is 0.100. The van der Waals surface area contributed by atoms with Crippen LogP contribution in [0.25, 0.3) is 22.3 Å². The first-order valence-corrected chi connectivity index (χ1v) is 6.41. The molecule has 0 heterocycles. The topological polar surface area (TPSA) is 0 Å². The molecule has 0 atom stereocenters. The van der Waals surface area contributed by atoms with E-state index in [2.05, 4.69) is 0 Å². The Bertz CT molecular complexity index is 1240. The van der Waals surface area contributed by atoms with Crippen molar-refractivity contribution in [3.8, 4) is 22.3 Å². The Morgan fingerprint density at radius 2 is 1.00 bits per heavy atom. The summed E-state index contributed by atoms with van der Waals surface area (Å²) < 4.78 is 82.2. The van der Waals surface area contributed by atoms with Crippen LogP contribution in [0, 0.1) is 0 Å². The molecule has 3 aromatic carbocycles. The fourth-order valence-corrected chi connectivity index (χ4v) is 3.12. The second-order valence-corrected chi connectivity index (χ2v) is 5.02. The Labute approximate surface area is 132 Å². The van der Waals surface area contributed by atoms with Gasteiger partial charge in [0.05, 0.1) is 13.7 Å². The molecule has 94 valence electrons. The second-order valence-electron chi connectivity index (χ2n) is 5.02. The van der Waals surface area contributed by atoms with Crippen LogP contribution >= 0.6 is 0 Å². The summed E-state index contributed by atoms with van der Waals surface area (Å²) in [6.45, 7) is 0. The molecule has 0 aliphatic heterocycles. The van der Waals surface area contributed by atoms with Gasteiger partial charge in [0.15, 0.2) is 0 Å². The quantitative estimate of drug-likeness (QED) is 0.376. The van der Waals surface area contributed by atoms with Crippen LogP contribution in [0.4, 0.5) is 0 Å². The molecule has 0 heteroatoms. The van der Waals surface area contributed by atoms with E-state index in [4.69, 9.17) is 13.7 Å². The van der Waals surface area contributed by atoms with Crippen molar-refractivity contribution >= 4 is 0 Å². The van der Waals surface area contributed by atoms with E-state index in [0.717, 1.165) is 0 Å². The minimum Gasteiger partial charge on any atom is -0.0619 e. The Balaban J connectivity index is 1.90. The van der Waals surface area contributed by atoms with Crippen LogP contribution in [0.1, 0.15) is 36.0 Å². The smallest absolute Gasteiger partial charge is 0.0619 e. The van der Waals surface area contributed by atoms with Crippen molar-refractivity contribution in [2.24, 2.45) is 0 Å². The molecular weight excluding hydrogens is 240 g/mol. The normalized spacial score (nSPS) is 20.6. The van der Waals surface area contributed by atoms with E-state index in [-0.39, 0.29) is 84.4 Å². The van der Waals surface area contributed by atoms with Crippen LogP contribution in [0.5, 0.6) is 0 Å². The molecule has 0 saturated heterocycles. The third kappa shape index (κ3) is 1.21. The van der Waals surface area contributed by atoms with Gasteiger partial charge in [-0.25, -0.2) is 0 Å². The van der Waals surface area contributed by atoms with Gasteiger partial charge in [0.25, 0.3) is 0 Å². The highest BCUT2D eigenvalue weighted by atomic mass is 14.3. The standard InChI is InChI=1S/C20H14/c1-3-7-15-13(5-1)11-19-17(15)9-10-18-16-8-4-2-6-14(16)12-20(18)19/h1-10H,11-12H2/i1D,2D,3D,4D,5D,6D,7D,8D,9D,10D. The van der Waals surface area contributed by atoms with Crippen molar-refractivity contribution in [1.29, 1.82) is 0 Å². The maximum Gasteiger partial charge on any atom is 0.0630 e. The van der Waals surface area contributed by atoms with Crippen molar-refractivity contribution in [1.82, 2.24) is 0 Å². The molecule has 0 N–H and O–H groups in total. The summed E-state index contributed by atoms with van der Waals surface area (Å²) in [5.74, 6) is 0. The van der Waals surface area contributed by atoms with Crippen molar-refractivity contribution in [2.75, 3.05) is 0 Å². The van der Waals surface area contributed by atoms with Gasteiger partial charge in [-0.05, 0) is 57.3 Å². The van der Waals surface area contributed by atoms with Crippen molar-refractivity contribution in [3.63, 3.8) is 0 Å². The molecule has 0 unspecified atom stereocenters. The summed E-state index contributed by atoms with van der Waals surface area (Å²) in [6.07, 6.45) is 0.346. The predicted molar refractivity (Wildman–Crippen MR) is 82.9 cm³/mol. The van der Waals surface area contributed by atoms with Gasteiger partial charge in [0.1, 0.15) is 0 Å². The number of rotatable bonds is 0. The Morgan fingerprint density at radius 3 is 1.50 bits per heavy atom. The summed E-state index contributed by atoms with van der Waals surface area (Å²) in [4.78, 5) is 0. The first-order chi connectivity index (χ1) is 14.1. The zero-order valence-corrected chi connectivity index (χ0v) is 10.4. The van der Waals surface area contributed by atoms with Crippen molar-refractivity contribution in [3.05, 3.63) is 82.7 Å². The minimum absolute atomic E-state index is 0.165. The predicted octanol–water partition coefficient (Wildman–Crippen LogP) is 4.83. The van der Waals surface area contributed by atoms with Gasteiger partial charge in [-0.1, -0.05) is 60.4 Å². The van der Waals surface area contributed by atoms with Gasteiger partial charge in [-0.15, -0.1) is 0 Å². The lowest BCUT2D eigenvalue weighted by Gasteiger charge is -2.07. The molecule has 3 aromatic rings. The second kappa shape index (κ2) is 3.61. The van der Waals surface area contributed by atoms with E-state index in [1.165, 1.54) is 0 Å². The molecule has 0 aromatic heterocycles. The number of fused-ring (bicyclic) bond motifs is 7. The first kappa shape index (κ1) is 4.89. The lowest BCUT2D eigenvalue weighted by Crippen LogP contribution is -1.90. The zero-order valence-electron chi connectivity index (χ0n) is 20.4. The van der Waals surface area contributed by atoms with Gasteiger partial charge in [0.2, 0.25) is 0 Å². The molecule has 0 saturated carbocycles. The summed E-state index contributed by atoms with van der Waals surface area (Å²) in [6, 6.07) is -2.65. The largest absolute Gasteiger partial charge is 0.0630 e. The van der Waals surface area contributed by atoms with Gasteiger partial charge in [0, 0.05) is 0 Å². The van der Waals surface area contributed by atoms with Crippen molar-refractivity contribution < 1.29 is 13.7 Å². The lowest BCUT2D eigenvalue weighted by molar-refractivity contribution is 1.16. The highest BCUT2D eigenvalue weighted by Gasteiger charge is 2.27. The highest BCUT2D eigenvalue weighted by molar-refractivity contribution is 5.86. The van der Waals surface area contributed by atoms with E-state index in [9.17, 15) is 0 Å². The van der Waals surface area contributed by atoms with Crippen LogP contribution in [-0.2, 0) is 12.8 Å². The first-order valence-electron chi connectivity index (χ1n) is 11.4. The molecule has 0 nitrogen and oxygen atoms in total. The summed E-state index contributed by atoms with van der Waals surface area (Å²) in [7, 11) is 0.